The number of rotatable bonds is 15. The molecule has 1 atom stereocenters. The van der Waals surface area contributed by atoms with Gasteiger partial charge in [0.1, 0.15) is 11.6 Å². The molecule has 230 valence electrons. The number of nitrogens with one attached hydrogen (secondary N) is 1. The summed E-state index contributed by atoms with van der Waals surface area (Å²) in [5, 5.41) is 3.41. The fourth-order valence-electron chi connectivity index (χ4n) is 4.70. The predicted molar refractivity (Wildman–Crippen MR) is 168 cm³/mol. The summed E-state index contributed by atoms with van der Waals surface area (Å²) in [7, 11) is 3.96. The van der Waals surface area contributed by atoms with Crippen molar-refractivity contribution in [3.63, 3.8) is 0 Å². The van der Waals surface area contributed by atoms with Crippen molar-refractivity contribution in [3.8, 4) is 5.75 Å². The van der Waals surface area contributed by atoms with E-state index in [-0.39, 0.29) is 11.6 Å². The molecular weight excluding hydrogens is 530 g/mol. The Kier molecular flexibility index (Phi) is 11.7. The largest absolute Gasteiger partial charge is 0.494 e. The van der Waals surface area contributed by atoms with E-state index in [4.69, 9.17) is 14.2 Å². The zero-order valence-corrected chi connectivity index (χ0v) is 26.7. The Hall–Kier alpha value is -3.68. The summed E-state index contributed by atoms with van der Waals surface area (Å²) in [5.41, 5.74) is 2.66. The monoisotopic (exact) mass is 579 g/mol. The van der Waals surface area contributed by atoms with Crippen molar-refractivity contribution in [1.82, 2.24) is 4.90 Å². The molecule has 1 aliphatic heterocycles. The first-order valence-corrected chi connectivity index (χ1v) is 15.1. The highest BCUT2D eigenvalue weighted by atomic mass is 16.7. The number of hydrogen-bond donors (Lipinski definition) is 1. The summed E-state index contributed by atoms with van der Waals surface area (Å²) >= 11 is 0. The third kappa shape index (κ3) is 9.43. The Morgan fingerprint density at radius 1 is 0.905 bits per heavy atom. The van der Waals surface area contributed by atoms with Gasteiger partial charge < -0.3 is 29.3 Å². The zero-order valence-electron chi connectivity index (χ0n) is 26.7. The van der Waals surface area contributed by atoms with Crippen LogP contribution in [0.1, 0.15) is 79.2 Å². The van der Waals surface area contributed by atoms with E-state index >= 15 is 0 Å². The van der Waals surface area contributed by atoms with Gasteiger partial charge >= 0.3 is 11.9 Å². The summed E-state index contributed by atoms with van der Waals surface area (Å²) in [5.74, 6) is -0.972. The number of nitrogens with zero attached hydrogens (tertiary/aromatic N) is 2. The molecule has 0 bridgehead atoms. The average Bonchev–Trinajstić information content (AvgIpc) is 2.91. The van der Waals surface area contributed by atoms with E-state index in [2.05, 4.69) is 37.9 Å². The van der Waals surface area contributed by atoms with Crippen LogP contribution in [0, 0.1) is 5.92 Å². The highest BCUT2D eigenvalue weighted by molar-refractivity contribution is 6.16. The van der Waals surface area contributed by atoms with E-state index < -0.39 is 17.7 Å². The maximum atomic E-state index is 13.4. The number of cyclic esters (lactones) is 2. The quantitative estimate of drug-likeness (QED) is 0.104. The van der Waals surface area contributed by atoms with Crippen molar-refractivity contribution < 1.29 is 23.8 Å². The molecule has 1 unspecified atom stereocenters. The molecular formula is C34H49N3O5. The first kappa shape index (κ1) is 32.8. The first-order chi connectivity index (χ1) is 19.9. The van der Waals surface area contributed by atoms with Crippen LogP contribution < -0.4 is 15.0 Å². The smallest absolute Gasteiger partial charge is 0.352 e. The molecule has 1 fully saturated rings. The summed E-state index contributed by atoms with van der Waals surface area (Å²) < 4.78 is 17.0. The van der Waals surface area contributed by atoms with Gasteiger partial charge in [-0.1, -0.05) is 52.2 Å². The Morgan fingerprint density at radius 2 is 1.52 bits per heavy atom. The minimum absolute atomic E-state index is 0.00473. The second kappa shape index (κ2) is 15.0. The van der Waals surface area contributed by atoms with Gasteiger partial charge in [0.25, 0.3) is 5.79 Å². The van der Waals surface area contributed by atoms with Crippen molar-refractivity contribution in [2.75, 3.05) is 30.9 Å². The van der Waals surface area contributed by atoms with E-state index in [9.17, 15) is 9.59 Å². The summed E-state index contributed by atoms with van der Waals surface area (Å²) in [6.45, 7) is 12.9. The molecule has 2 aromatic rings. The molecule has 8 heteroatoms. The Labute approximate surface area is 252 Å². The Morgan fingerprint density at radius 3 is 2.07 bits per heavy atom. The van der Waals surface area contributed by atoms with Gasteiger partial charge in [0.15, 0.2) is 5.57 Å². The van der Waals surface area contributed by atoms with Gasteiger partial charge in [0, 0.05) is 51.9 Å². The van der Waals surface area contributed by atoms with Crippen molar-refractivity contribution in [3.05, 3.63) is 65.5 Å². The molecule has 3 rings (SSSR count). The lowest BCUT2D eigenvalue weighted by Gasteiger charge is -2.37. The molecule has 42 heavy (non-hydrogen) atoms. The number of ether oxygens (including phenoxy) is 3. The van der Waals surface area contributed by atoms with E-state index in [1.807, 2.05) is 67.5 Å². The third-order valence-corrected chi connectivity index (χ3v) is 7.25. The van der Waals surface area contributed by atoms with Crippen LogP contribution in [0.4, 0.5) is 11.4 Å². The van der Waals surface area contributed by atoms with Gasteiger partial charge in [-0.05, 0) is 67.6 Å². The van der Waals surface area contributed by atoms with Crippen molar-refractivity contribution in [2.24, 2.45) is 5.92 Å². The second-order valence-electron chi connectivity index (χ2n) is 12.1. The van der Waals surface area contributed by atoms with Crippen LogP contribution in [-0.2, 0) is 25.6 Å². The standard InChI is InChI=1S/C34H49N3O5/c1-9-10-11-12-25(4)37(23-26-13-19-29(20-14-26)40-22-21-24(2)3)31(30-32(38)41-34(5,6)42-33(30)39)35-27-15-17-28(18-16-27)36(7)8/h13-20,24-25,35H,9-12,21-23H2,1-8H3. The van der Waals surface area contributed by atoms with Crippen LogP contribution in [0.15, 0.2) is 59.9 Å². The van der Waals surface area contributed by atoms with Crippen molar-refractivity contribution >= 4 is 23.3 Å². The van der Waals surface area contributed by atoms with Crippen molar-refractivity contribution in [1.29, 1.82) is 0 Å². The minimum atomic E-state index is -1.33. The SMILES string of the molecule is CCCCCC(C)N(Cc1ccc(OCCC(C)C)cc1)C(Nc1ccc(N(C)C)cc1)=C1C(=O)OC(C)(C)OC1=O. The number of esters is 2. The molecule has 0 spiro atoms. The van der Waals surface area contributed by atoms with Gasteiger partial charge in [0.05, 0.1) is 6.61 Å². The van der Waals surface area contributed by atoms with E-state index in [0.717, 1.165) is 54.8 Å². The molecule has 1 aliphatic rings. The van der Waals surface area contributed by atoms with Crippen LogP contribution >= 0.6 is 0 Å². The molecule has 0 saturated carbocycles. The molecule has 1 heterocycles. The van der Waals surface area contributed by atoms with Gasteiger partial charge in [-0.25, -0.2) is 9.59 Å². The fraction of sp³-hybridized carbons (Fsp3) is 0.529. The minimum Gasteiger partial charge on any atom is -0.494 e. The van der Waals surface area contributed by atoms with Crippen LogP contribution in [0.3, 0.4) is 0 Å². The molecule has 0 aromatic heterocycles. The highest BCUT2D eigenvalue weighted by Crippen LogP contribution is 2.30. The zero-order chi connectivity index (χ0) is 30.9. The molecule has 1 N–H and O–H groups in total. The lowest BCUT2D eigenvalue weighted by atomic mass is 10.1. The lowest BCUT2D eigenvalue weighted by molar-refractivity contribution is -0.222. The molecule has 0 radical (unpaired) electrons. The first-order valence-electron chi connectivity index (χ1n) is 15.1. The van der Waals surface area contributed by atoms with E-state index in [1.54, 1.807) is 13.8 Å². The Balaban J connectivity index is 2.02. The summed E-state index contributed by atoms with van der Waals surface area (Å²) in [6.07, 6.45) is 5.11. The second-order valence-corrected chi connectivity index (χ2v) is 12.1. The number of hydrogen-bond acceptors (Lipinski definition) is 8. The number of carbonyl (C=O) groups excluding carboxylic acids is 2. The van der Waals surface area contributed by atoms with Gasteiger partial charge in [-0.15, -0.1) is 0 Å². The van der Waals surface area contributed by atoms with E-state index in [1.165, 1.54) is 0 Å². The summed E-state index contributed by atoms with van der Waals surface area (Å²) in [4.78, 5) is 30.8. The lowest BCUT2D eigenvalue weighted by Crippen LogP contribution is -2.45. The normalized spacial score (nSPS) is 15.1. The number of unbranched alkanes of at least 4 members (excludes halogenated alkanes) is 2. The van der Waals surface area contributed by atoms with E-state index in [0.29, 0.717) is 24.9 Å². The van der Waals surface area contributed by atoms with Crippen LogP contribution in [0.2, 0.25) is 0 Å². The maximum absolute atomic E-state index is 13.4. The fourth-order valence-corrected chi connectivity index (χ4v) is 4.70. The summed E-state index contributed by atoms with van der Waals surface area (Å²) in [6, 6.07) is 15.9. The van der Waals surface area contributed by atoms with Gasteiger partial charge in [-0.3, -0.25) is 0 Å². The van der Waals surface area contributed by atoms with Crippen LogP contribution in [0.5, 0.6) is 5.75 Å². The van der Waals surface area contributed by atoms with Crippen molar-refractivity contribution in [2.45, 2.75) is 92.0 Å². The maximum Gasteiger partial charge on any atom is 0.352 e. The molecule has 1 saturated heterocycles. The number of benzene rings is 2. The predicted octanol–water partition coefficient (Wildman–Crippen LogP) is 7.11. The molecule has 0 amide bonds. The number of carbonyl (C=O) groups is 2. The van der Waals surface area contributed by atoms with Crippen LogP contribution in [0.25, 0.3) is 0 Å². The topological polar surface area (TPSA) is 80.3 Å². The number of anilines is 2. The molecule has 8 nitrogen and oxygen atoms in total. The molecule has 0 aliphatic carbocycles. The Bertz CT molecular complexity index is 1180. The van der Waals surface area contributed by atoms with Gasteiger partial charge in [0.2, 0.25) is 0 Å². The van der Waals surface area contributed by atoms with Gasteiger partial charge in [-0.2, -0.15) is 0 Å². The third-order valence-electron chi connectivity index (χ3n) is 7.25. The molecule has 2 aromatic carbocycles. The average molecular weight is 580 g/mol. The van der Waals surface area contributed by atoms with Crippen LogP contribution in [-0.4, -0.2) is 49.4 Å². The highest BCUT2D eigenvalue weighted by Gasteiger charge is 2.42.